The molecule has 0 saturated carbocycles. The van der Waals surface area contributed by atoms with Gasteiger partial charge in [0.05, 0.1) is 5.39 Å². The van der Waals surface area contributed by atoms with E-state index >= 15 is 0 Å². The molecule has 1 aromatic heterocycles. The van der Waals surface area contributed by atoms with Crippen LogP contribution in [-0.2, 0) is 19.4 Å². The van der Waals surface area contributed by atoms with Crippen molar-refractivity contribution in [3.8, 4) is 5.75 Å². The highest BCUT2D eigenvalue weighted by Gasteiger charge is 2.21. The molecule has 0 atom stereocenters. The van der Waals surface area contributed by atoms with Gasteiger partial charge in [-0.2, -0.15) is 0 Å². The highest BCUT2D eigenvalue weighted by molar-refractivity contribution is 9.10. The fourth-order valence-corrected chi connectivity index (χ4v) is 3.91. The van der Waals surface area contributed by atoms with Gasteiger partial charge in [0.2, 0.25) is 0 Å². The van der Waals surface area contributed by atoms with Crippen molar-refractivity contribution >= 4 is 26.9 Å². The Labute approximate surface area is 158 Å². The molecule has 5 heteroatoms. The summed E-state index contributed by atoms with van der Waals surface area (Å²) in [5, 5.41) is 0.849. The second kappa shape index (κ2) is 6.88. The first kappa shape index (κ1) is 17.3. The predicted molar refractivity (Wildman–Crippen MR) is 102 cm³/mol. The van der Waals surface area contributed by atoms with Gasteiger partial charge in [0, 0.05) is 15.6 Å². The van der Waals surface area contributed by atoms with Crippen molar-refractivity contribution in [2.75, 3.05) is 0 Å². The van der Waals surface area contributed by atoms with E-state index in [9.17, 15) is 9.18 Å². The quantitative estimate of drug-likeness (QED) is 0.532. The number of ether oxygens (including phenoxy) is 1. The average molecular weight is 417 g/mol. The van der Waals surface area contributed by atoms with Gasteiger partial charge in [0.15, 0.2) is 0 Å². The Kier molecular flexibility index (Phi) is 4.57. The highest BCUT2D eigenvalue weighted by atomic mass is 79.9. The first-order chi connectivity index (χ1) is 12.5. The number of aryl methyl sites for hydroxylation is 2. The van der Waals surface area contributed by atoms with Crippen molar-refractivity contribution in [3.05, 3.63) is 73.3 Å². The summed E-state index contributed by atoms with van der Waals surface area (Å²) in [7, 11) is 0. The summed E-state index contributed by atoms with van der Waals surface area (Å²) in [5.74, 6) is 0.328. The third kappa shape index (κ3) is 3.16. The van der Waals surface area contributed by atoms with E-state index in [2.05, 4.69) is 15.9 Å². The maximum atomic E-state index is 14.1. The molecule has 2 aromatic carbocycles. The summed E-state index contributed by atoms with van der Waals surface area (Å²) >= 11 is 3.26. The topological polar surface area (TPSA) is 39.4 Å². The van der Waals surface area contributed by atoms with Crippen LogP contribution in [0.5, 0.6) is 5.75 Å². The van der Waals surface area contributed by atoms with E-state index in [-0.39, 0.29) is 18.0 Å². The van der Waals surface area contributed by atoms with Gasteiger partial charge in [-0.25, -0.2) is 9.18 Å². The minimum atomic E-state index is -0.315. The van der Waals surface area contributed by atoms with Crippen LogP contribution in [0.4, 0.5) is 4.39 Å². The van der Waals surface area contributed by atoms with Gasteiger partial charge in [0.1, 0.15) is 23.8 Å². The summed E-state index contributed by atoms with van der Waals surface area (Å²) < 4.78 is 26.3. The van der Waals surface area contributed by atoms with Crippen LogP contribution in [0.3, 0.4) is 0 Å². The molecule has 0 spiro atoms. The molecule has 0 unspecified atom stereocenters. The summed E-state index contributed by atoms with van der Waals surface area (Å²) in [6, 6.07) is 8.70. The Balaban J connectivity index is 1.80. The van der Waals surface area contributed by atoms with Gasteiger partial charge in [-0.3, -0.25) is 0 Å². The Morgan fingerprint density at radius 1 is 1.15 bits per heavy atom. The molecule has 0 fully saturated rings. The van der Waals surface area contributed by atoms with Crippen LogP contribution in [0.1, 0.15) is 35.1 Å². The van der Waals surface area contributed by atoms with Crippen LogP contribution >= 0.6 is 15.9 Å². The van der Waals surface area contributed by atoms with Gasteiger partial charge >= 0.3 is 5.63 Å². The lowest BCUT2D eigenvalue weighted by molar-refractivity contribution is 0.302. The molecule has 0 N–H and O–H groups in total. The minimum Gasteiger partial charge on any atom is -0.488 e. The molecule has 3 nitrogen and oxygen atoms in total. The van der Waals surface area contributed by atoms with Gasteiger partial charge in [0.25, 0.3) is 0 Å². The molecule has 1 aliphatic carbocycles. The SMILES string of the molecule is Cc1cc(OCc2ccc(Br)cc2F)c2c3c(c(=O)oc2c1)CCCC3. The zero-order chi connectivity index (χ0) is 18.3. The molecule has 0 amide bonds. The van der Waals surface area contributed by atoms with Crippen molar-refractivity contribution in [3.63, 3.8) is 0 Å². The minimum absolute atomic E-state index is 0.117. The van der Waals surface area contributed by atoms with Crippen molar-refractivity contribution < 1.29 is 13.5 Å². The third-order valence-electron chi connectivity index (χ3n) is 4.83. The largest absolute Gasteiger partial charge is 0.488 e. The Morgan fingerprint density at radius 3 is 2.69 bits per heavy atom. The highest BCUT2D eigenvalue weighted by Crippen LogP contribution is 2.35. The lowest BCUT2D eigenvalue weighted by Gasteiger charge is -2.19. The van der Waals surface area contributed by atoms with E-state index < -0.39 is 0 Å². The third-order valence-corrected chi connectivity index (χ3v) is 5.32. The lowest BCUT2D eigenvalue weighted by atomic mass is 9.90. The Hall–Kier alpha value is -2.14. The van der Waals surface area contributed by atoms with Crippen molar-refractivity contribution in [1.29, 1.82) is 0 Å². The molecule has 1 aliphatic rings. The molecular weight excluding hydrogens is 399 g/mol. The van der Waals surface area contributed by atoms with Crippen molar-refractivity contribution in [2.45, 2.75) is 39.2 Å². The van der Waals surface area contributed by atoms with E-state index in [0.717, 1.165) is 47.8 Å². The van der Waals surface area contributed by atoms with Gasteiger partial charge < -0.3 is 9.15 Å². The normalized spacial score (nSPS) is 13.7. The van der Waals surface area contributed by atoms with Crippen LogP contribution in [0.15, 0.2) is 44.0 Å². The zero-order valence-corrected chi connectivity index (χ0v) is 16.0. The average Bonchev–Trinajstić information content (AvgIpc) is 2.60. The molecule has 0 saturated heterocycles. The van der Waals surface area contributed by atoms with E-state index in [1.165, 1.54) is 6.07 Å². The number of hydrogen-bond donors (Lipinski definition) is 0. The second-order valence-electron chi connectivity index (χ2n) is 6.71. The summed E-state index contributed by atoms with van der Waals surface area (Å²) in [4.78, 5) is 12.3. The summed E-state index contributed by atoms with van der Waals surface area (Å²) in [6.07, 6.45) is 3.61. The van der Waals surface area contributed by atoms with Gasteiger partial charge in [-0.15, -0.1) is 0 Å². The molecular formula is C21H18BrFO3. The summed E-state index contributed by atoms with van der Waals surface area (Å²) in [6.45, 7) is 2.04. The molecule has 1 heterocycles. The fraction of sp³-hybridized carbons (Fsp3) is 0.286. The molecule has 0 radical (unpaired) electrons. The second-order valence-corrected chi connectivity index (χ2v) is 7.63. The maximum absolute atomic E-state index is 14.1. The standard InChI is InChI=1S/C21H18BrFO3/c1-12-8-18(25-11-13-6-7-14(22)10-17(13)23)20-15-4-2-3-5-16(15)21(24)26-19(20)9-12/h6-10H,2-5,11H2,1H3. The van der Waals surface area contributed by atoms with Crippen LogP contribution in [0, 0.1) is 12.7 Å². The van der Waals surface area contributed by atoms with E-state index in [4.69, 9.17) is 9.15 Å². The number of fused-ring (bicyclic) bond motifs is 3. The van der Waals surface area contributed by atoms with E-state index in [1.54, 1.807) is 12.1 Å². The first-order valence-corrected chi connectivity index (χ1v) is 9.48. The number of hydrogen-bond acceptors (Lipinski definition) is 3. The van der Waals surface area contributed by atoms with Crippen LogP contribution in [0.2, 0.25) is 0 Å². The number of rotatable bonds is 3. The van der Waals surface area contributed by atoms with E-state index in [0.29, 0.717) is 21.4 Å². The molecule has 0 bridgehead atoms. The molecule has 4 rings (SSSR count). The van der Waals surface area contributed by atoms with Crippen molar-refractivity contribution in [1.82, 2.24) is 0 Å². The molecule has 3 aromatic rings. The van der Waals surface area contributed by atoms with Crippen LogP contribution in [-0.4, -0.2) is 0 Å². The maximum Gasteiger partial charge on any atom is 0.339 e. The van der Waals surface area contributed by atoms with Crippen LogP contribution in [0.25, 0.3) is 11.0 Å². The van der Waals surface area contributed by atoms with Crippen LogP contribution < -0.4 is 10.4 Å². The molecule has 0 aliphatic heterocycles. The number of benzene rings is 2. The van der Waals surface area contributed by atoms with Gasteiger partial charge in [-0.05, 0) is 68.0 Å². The Morgan fingerprint density at radius 2 is 1.92 bits per heavy atom. The monoisotopic (exact) mass is 416 g/mol. The van der Waals surface area contributed by atoms with Gasteiger partial charge in [-0.1, -0.05) is 22.0 Å². The summed E-state index contributed by atoms with van der Waals surface area (Å²) in [5.41, 5.74) is 3.49. The fourth-order valence-electron chi connectivity index (χ4n) is 3.57. The predicted octanol–water partition coefficient (Wildman–Crippen LogP) is 5.46. The molecule has 134 valence electrons. The smallest absolute Gasteiger partial charge is 0.339 e. The van der Waals surface area contributed by atoms with Crippen molar-refractivity contribution in [2.24, 2.45) is 0 Å². The Bertz CT molecular complexity index is 1060. The van der Waals surface area contributed by atoms with E-state index in [1.807, 2.05) is 19.1 Å². The number of halogens is 2. The first-order valence-electron chi connectivity index (χ1n) is 8.69. The zero-order valence-electron chi connectivity index (χ0n) is 14.4. The lowest BCUT2D eigenvalue weighted by Crippen LogP contribution is -2.16. The molecule has 26 heavy (non-hydrogen) atoms.